The van der Waals surface area contributed by atoms with E-state index in [-0.39, 0.29) is 22.3 Å². The van der Waals surface area contributed by atoms with Crippen LogP contribution in [0.3, 0.4) is 0 Å². The number of ether oxygens (including phenoxy) is 2. The molecular weight excluding hydrogens is 360 g/mol. The predicted molar refractivity (Wildman–Crippen MR) is 95.6 cm³/mol. The second kappa shape index (κ2) is 7.01. The highest BCUT2D eigenvalue weighted by Gasteiger charge is 2.21. The topological polar surface area (TPSA) is 82.8 Å². The number of rotatable bonds is 3. The molecule has 0 spiro atoms. The maximum atomic E-state index is 12.4. The number of carbonyl (C=O) groups excluding carboxylic acids is 2. The fourth-order valence-corrected chi connectivity index (χ4v) is 2.77. The Morgan fingerprint density at radius 3 is 2.23 bits per heavy atom. The van der Waals surface area contributed by atoms with Gasteiger partial charge in [0.05, 0.1) is 30.9 Å². The van der Waals surface area contributed by atoms with Crippen molar-refractivity contribution in [1.82, 2.24) is 0 Å². The summed E-state index contributed by atoms with van der Waals surface area (Å²) in [7, 11) is 2.39. The Morgan fingerprint density at radius 1 is 0.962 bits per heavy atom. The van der Waals surface area contributed by atoms with Crippen LogP contribution in [-0.2, 0) is 9.47 Å². The number of fused-ring (bicyclic) bond motifs is 1. The van der Waals surface area contributed by atoms with E-state index >= 15 is 0 Å². The standard InChI is InChI=1S/C19H13ClO6/c1-24-17(21)14-8-11-7-13(10-4-3-5-12(20)6-10)19(23)26-16(11)9-15(14)18(22)25-2/h3-9H,1-2H3. The first-order chi connectivity index (χ1) is 12.4. The van der Waals surface area contributed by atoms with Gasteiger partial charge in [-0.05, 0) is 35.9 Å². The average molecular weight is 373 g/mol. The second-order valence-electron chi connectivity index (χ2n) is 5.38. The van der Waals surface area contributed by atoms with E-state index in [4.69, 9.17) is 20.8 Å². The molecule has 0 unspecified atom stereocenters. The van der Waals surface area contributed by atoms with Crippen LogP contribution >= 0.6 is 11.6 Å². The van der Waals surface area contributed by atoms with Gasteiger partial charge in [0.1, 0.15) is 5.58 Å². The fraction of sp³-hybridized carbons (Fsp3) is 0.105. The highest BCUT2D eigenvalue weighted by atomic mass is 35.5. The SMILES string of the molecule is COC(=O)c1cc2cc(-c3cccc(Cl)c3)c(=O)oc2cc1C(=O)OC. The Hall–Kier alpha value is -3.12. The molecule has 0 radical (unpaired) electrons. The van der Waals surface area contributed by atoms with Gasteiger partial charge in [0.2, 0.25) is 0 Å². The monoisotopic (exact) mass is 372 g/mol. The number of hydrogen-bond donors (Lipinski definition) is 0. The maximum Gasteiger partial charge on any atom is 0.344 e. The van der Waals surface area contributed by atoms with E-state index in [0.29, 0.717) is 16.0 Å². The van der Waals surface area contributed by atoms with Crippen molar-refractivity contribution in [2.24, 2.45) is 0 Å². The minimum absolute atomic E-state index is 0.0118. The van der Waals surface area contributed by atoms with Crippen LogP contribution in [0.5, 0.6) is 0 Å². The lowest BCUT2D eigenvalue weighted by atomic mass is 10.0. The zero-order valence-corrected chi connectivity index (χ0v) is 14.6. The van der Waals surface area contributed by atoms with Gasteiger partial charge in [0.15, 0.2) is 0 Å². The van der Waals surface area contributed by atoms with Gasteiger partial charge in [-0.1, -0.05) is 23.7 Å². The lowest BCUT2D eigenvalue weighted by Gasteiger charge is -2.09. The summed E-state index contributed by atoms with van der Waals surface area (Å²) in [5, 5.41) is 0.922. The van der Waals surface area contributed by atoms with Crippen LogP contribution in [0.4, 0.5) is 0 Å². The van der Waals surface area contributed by atoms with Crippen LogP contribution in [0, 0.1) is 0 Å². The molecule has 26 heavy (non-hydrogen) atoms. The smallest absolute Gasteiger partial charge is 0.344 e. The van der Waals surface area contributed by atoms with Gasteiger partial charge >= 0.3 is 17.6 Å². The van der Waals surface area contributed by atoms with Gasteiger partial charge in [-0.25, -0.2) is 14.4 Å². The molecule has 2 aromatic carbocycles. The van der Waals surface area contributed by atoms with Crippen molar-refractivity contribution in [2.45, 2.75) is 0 Å². The van der Waals surface area contributed by atoms with E-state index in [9.17, 15) is 14.4 Å². The van der Waals surface area contributed by atoms with Gasteiger partial charge in [0.25, 0.3) is 0 Å². The number of methoxy groups -OCH3 is 2. The van der Waals surface area contributed by atoms with Crippen molar-refractivity contribution in [1.29, 1.82) is 0 Å². The molecule has 132 valence electrons. The first kappa shape index (κ1) is 17.7. The third-order valence-electron chi connectivity index (χ3n) is 3.82. The van der Waals surface area contributed by atoms with Crippen LogP contribution in [0.25, 0.3) is 22.1 Å². The molecule has 0 saturated carbocycles. The van der Waals surface area contributed by atoms with Gasteiger partial charge in [-0.2, -0.15) is 0 Å². The Balaban J connectivity index is 2.28. The lowest BCUT2D eigenvalue weighted by Crippen LogP contribution is -2.12. The normalized spacial score (nSPS) is 10.6. The van der Waals surface area contributed by atoms with Gasteiger partial charge in [-0.15, -0.1) is 0 Å². The number of carbonyl (C=O) groups is 2. The average Bonchev–Trinajstić information content (AvgIpc) is 2.65. The molecule has 0 atom stereocenters. The molecule has 0 fully saturated rings. The summed E-state index contributed by atoms with van der Waals surface area (Å²) in [6.45, 7) is 0. The van der Waals surface area contributed by atoms with Crippen LogP contribution in [0.1, 0.15) is 20.7 Å². The molecule has 0 aliphatic heterocycles. The molecule has 7 heteroatoms. The van der Waals surface area contributed by atoms with E-state index in [1.807, 2.05) is 0 Å². The Morgan fingerprint density at radius 2 is 1.62 bits per heavy atom. The van der Waals surface area contributed by atoms with E-state index < -0.39 is 17.6 Å². The summed E-state index contributed by atoms with van der Waals surface area (Å²) >= 11 is 5.98. The Bertz CT molecular complexity index is 1080. The molecule has 0 amide bonds. The predicted octanol–water partition coefficient (Wildman–Crippen LogP) is 3.69. The number of halogens is 1. The number of benzene rings is 2. The Kier molecular flexibility index (Phi) is 4.77. The third kappa shape index (κ3) is 3.19. The van der Waals surface area contributed by atoms with Crippen molar-refractivity contribution < 1.29 is 23.5 Å². The van der Waals surface area contributed by atoms with Gasteiger partial charge in [0, 0.05) is 10.4 Å². The molecular formula is C19H13ClO6. The molecule has 0 bridgehead atoms. The van der Waals surface area contributed by atoms with E-state index in [1.54, 1.807) is 30.3 Å². The van der Waals surface area contributed by atoms with Crippen LogP contribution in [0.15, 0.2) is 51.7 Å². The van der Waals surface area contributed by atoms with E-state index in [2.05, 4.69) is 4.74 Å². The third-order valence-corrected chi connectivity index (χ3v) is 4.05. The van der Waals surface area contributed by atoms with Crippen LogP contribution < -0.4 is 5.63 Å². The largest absolute Gasteiger partial charge is 0.465 e. The van der Waals surface area contributed by atoms with Crippen LogP contribution in [0.2, 0.25) is 5.02 Å². The molecule has 0 aliphatic carbocycles. The molecule has 3 aromatic rings. The van der Waals surface area contributed by atoms with Gasteiger partial charge in [-0.3, -0.25) is 0 Å². The summed E-state index contributed by atoms with van der Waals surface area (Å²) in [6, 6.07) is 11.0. The zero-order chi connectivity index (χ0) is 18.8. The minimum atomic E-state index is -0.742. The fourth-order valence-electron chi connectivity index (χ4n) is 2.58. The molecule has 3 rings (SSSR count). The molecule has 1 heterocycles. The second-order valence-corrected chi connectivity index (χ2v) is 5.81. The van der Waals surface area contributed by atoms with E-state index in [0.717, 1.165) is 0 Å². The summed E-state index contributed by atoms with van der Waals surface area (Å²) < 4.78 is 14.7. The summed E-state index contributed by atoms with van der Waals surface area (Å²) in [5.74, 6) is -1.45. The zero-order valence-electron chi connectivity index (χ0n) is 13.9. The van der Waals surface area contributed by atoms with E-state index in [1.165, 1.54) is 26.4 Å². The van der Waals surface area contributed by atoms with Crippen molar-refractivity contribution in [3.05, 3.63) is 69.0 Å². The Labute approximate surface area is 152 Å². The molecule has 0 aliphatic rings. The molecule has 0 N–H and O–H groups in total. The summed E-state index contributed by atoms with van der Waals surface area (Å²) in [5.41, 5.74) is 0.366. The first-order valence-electron chi connectivity index (χ1n) is 7.49. The van der Waals surface area contributed by atoms with Gasteiger partial charge < -0.3 is 13.9 Å². The highest BCUT2D eigenvalue weighted by Crippen LogP contribution is 2.26. The molecule has 0 saturated heterocycles. The maximum absolute atomic E-state index is 12.4. The quantitative estimate of drug-likeness (QED) is 0.515. The van der Waals surface area contributed by atoms with Crippen molar-refractivity contribution in [3.8, 4) is 11.1 Å². The summed E-state index contributed by atoms with van der Waals surface area (Å²) in [4.78, 5) is 36.3. The van der Waals surface area contributed by atoms with Crippen LogP contribution in [-0.4, -0.2) is 26.2 Å². The highest BCUT2D eigenvalue weighted by molar-refractivity contribution is 6.30. The number of hydrogen-bond acceptors (Lipinski definition) is 6. The van der Waals surface area contributed by atoms with Crippen molar-refractivity contribution in [2.75, 3.05) is 14.2 Å². The first-order valence-corrected chi connectivity index (χ1v) is 7.87. The number of esters is 2. The molecule has 1 aromatic heterocycles. The van der Waals surface area contributed by atoms with Crippen molar-refractivity contribution >= 4 is 34.5 Å². The molecule has 6 nitrogen and oxygen atoms in total. The minimum Gasteiger partial charge on any atom is -0.465 e. The summed E-state index contributed by atoms with van der Waals surface area (Å²) in [6.07, 6.45) is 0. The van der Waals surface area contributed by atoms with Crippen molar-refractivity contribution in [3.63, 3.8) is 0 Å². The lowest BCUT2D eigenvalue weighted by molar-refractivity contribution is 0.0555.